The summed E-state index contributed by atoms with van der Waals surface area (Å²) in [6.07, 6.45) is 1.80. The summed E-state index contributed by atoms with van der Waals surface area (Å²) in [4.78, 5) is 33.3. The molecule has 0 saturated carbocycles. The van der Waals surface area contributed by atoms with Crippen molar-refractivity contribution in [3.63, 3.8) is 0 Å². The van der Waals surface area contributed by atoms with Crippen molar-refractivity contribution in [3.8, 4) is 17.2 Å². The third kappa shape index (κ3) is 6.93. The van der Waals surface area contributed by atoms with Gasteiger partial charge >= 0.3 is 5.97 Å². The molecule has 2 heterocycles. The van der Waals surface area contributed by atoms with Crippen LogP contribution in [-0.4, -0.2) is 30.9 Å². The van der Waals surface area contributed by atoms with Crippen molar-refractivity contribution in [3.05, 3.63) is 150 Å². The monoisotopic (exact) mass is 680 g/mol. The first-order valence-electron chi connectivity index (χ1n) is 15.5. The van der Waals surface area contributed by atoms with Gasteiger partial charge in [-0.05, 0) is 73.0 Å². The molecule has 0 unspecified atom stereocenters. The van der Waals surface area contributed by atoms with Crippen LogP contribution in [0.3, 0.4) is 0 Å². The van der Waals surface area contributed by atoms with Crippen LogP contribution in [0.2, 0.25) is 5.02 Å². The lowest BCUT2D eigenvalue weighted by molar-refractivity contribution is -0.138. The van der Waals surface area contributed by atoms with Gasteiger partial charge in [-0.3, -0.25) is 9.36 Å². The molecule has 244 valence electrons. The van der Waals surface area contributed by atoms with E-state index >= 15 is 0 Å². The van der Waals surface area contributed by atoms with Crippen LogP contribution < -0.4 is 29.1 Å². The number of hydrogen-bond acceptors (Lipinski definition) is 8. The van der Waals surface area contributed by atoms with Gasteiger partial charge in [-0.1, -0.05) is 83.6 Å². The molecule has 0 bridgehead atoms. The predicted octanol–water partition coefficient (Wildman–Crippen LogP) is 6.58. The Morgan fingerprint density at radius 3 is 2.35 bits per heavy atom. The molecule has 0 saturated heterocycles. The molecule has 10 heteroatoms. The number of esters is 1. The number of fused-ring (bicyclic) bond motifs is 1. The number of carbonyl (C=O) groups is 1. The number of hydrogen-bond donors (Lipinski definition) is 0. The summed E-state index contributed by atoms with van der Waals surface area (Å²) in [5.41, 5.74) is 3.64. The molecule has 1 aliphatic rings. The SMILES string of the molecule is CCOC(=O)C1=C(c2ccccc2)N=c2s/c(=C\c3ccc(OCc4ccc(Cl)cc4)c(OCC)c3)c(=O)n2[C@@H]1c1ccc(OC)cc1. The van der Waals surface area contributed by atoms with Crippen LogP contribution in [0.5, 0.6) is 17.2 Å². The van der Waals surface area contributed by atoms with Crippen LogP contribution in [0.4, 0.5) is 0 Å². The average molecular weight is 681 g/mol. The van der Waals surface area contributed by atoms with E-state index in [4.69, 9.17) is 35.5 Å². The fourth-order valence-corrected chi connectivity index (χ4v) is 6.56. The Labute approximate surface area is 286 Å². The van der Waals surface area contributed by atoms with Crippen LogP contribution in [0.25, 0.3) is 11.8 Å². The van der Waals surface area contributed by atoms with E-state index in [1.54, 1.807) is 24.7 Å². The first-order valence-corrected chi connectivity index (χ1v) is 16.7. The van der Waals surface area contributed by atoms with E-state index in [2.05, 4.69) is 0 Å². The number of benzene rings is 4. The molecule has 48 heavy (non-hydrogen) atoms. The summed E-state index contributed by atoms with van der Waals surface area (Å²) in [6.45, 7) is 4.60. The number of aromatic nitrogens is 1. The van der Waals surface area contributed by atoms with Crippen LogP contribution in [-0.2, 0) is 16.1 Å². The largest absolute Gasteiger partial charge is 0.497 e. The normalized spacial score (nSPS) is 14.2. The second-order valence-electron chi connectivity index (χ2n) is 10.8. The van der Waals surface area contributed by atoms with Crippen molar-refractivity contribution in [2.24, 2.45) is 4.99 Å². The molecule has 5 aromatic rings. The van der Waals surface area contributed by atoms with Gasteiger partial charge in [0.1, 0.15) is 12.4 Å². The molecule has 0 aliphatic carbocycles. The van der Waals surface area contributed by atoms with Crippen LogP contribution in [0, 0.1) is 0 Å². The number of carbonyl (C=O) groups excluding carboxylic acids is 1. The number of nitrogens with zero attached hydrogens (tertiary/aromatic N) is 2. The van der Waals surface area contributed by atoms with Crippen LogP contribution in [0.15, 0.2) is 112 Å². The maximum absolute atomic E-state index is 14.3. The van der Waals surface area contributed by atoms with Gasteiger partial charge in [-0.2, -0.15) is 0 Å². The predicted molar refractivity (Wildman–Crippen MR) is 187 cm³/mol. The summed E-state index contributed by atoms with van der Waals surface area (Å²) in [7, 11) is 1.59. The lowest BCUT2D eigenvalue weighted by Gasteiger charge is -2.26. The van der Waals surface area contributed by atoms with Crippen LogP contribution >= 0.6 is 22.9 Å². The van der Waals surface area contributed by atoms with Gasteiger partial charge < -0.3 is 18.9 Å². The molecule has 1 aromatic heterocycles. The third-order valence-corrected chi connectivity index (χ3v) is 8.91. The Balaban J connectivity index is 1.47. The van der Waals surface area contributed by atoms with Crippen molar-refractivity contribution in [2.75, 3.05) is 20.3 Å². The average Bonchev–Trinajstić information content (AvgIpc) is 3.42. The minimum absolute atomic E-state index is 0.172. The highest BCUT2D eigenvalue weighted by Crippen LogP contribution is 2.36. The Morgan fingerprint density at radius 2 is 1.67 bits per heavy atom. The zero-order valence-corrected chi connectivity index (χ0v) is 28.2. The fourth-order valence-electron chi connectivity index (χ4n) is 5.44. The van der Waals surface area contributed by atoms with E-state index in [-0.39, 0.29) is 17.7 Å². The van der Waals surface area contributed by atoms with E-state index in [0.717, 1.165) is 22.3 Å². The zero-order valence-electron chi connectivity index (χ0n) is 26.6. The van der Waals surface area contributed by atoms with Gasteiger partial charge in [0, 0.05) is 10.6 Å². The Bertz CT molecular complexity index is 2140. The van der Waals surface area contributed by atoms with Gasteiger partial charge in [0.2, 0.25) is 0 Å². The highest BCUT2D eigenvalue weighted by molar-refractivity contribution is 7.07. The number of rotatable bonds is 11. The maximum atomic E-state index is 14.3. The number of ether oxygens (including phenoxy) is 4. The number of thiazole rings is 1. The van der Waals surface area contributed by atoms with Crippen molar-refractivity contribution < 1.29 is 23.7 Å². The van der Waals surface area contributed by atoms with Gasteiger partial charge in [0.15, 0.2) is 16.3 Å². The van der Waals surface area contributed by atoms with E-state index in [9.17, 15) is 9.59 Å². The summed E-state index contributed by atoms with van der Waals surface area (Å²) >= 11 is 7.28. The molecule has 8 nitrogen and oxygen atoms in total. The molecule has 0 spiro atoms. The van der Waals surface area contributed by atoms with Crippen molar-refractivity contribution in [1.29, 1.82) is 0 Å². The standard InChI is InChI=1S/C38H33ClN2O6S/c1-4-45-31-21-25(13-20-30(31)47-23-24-11-16-28(39)17-12-24)22-32-36(42)41-35(27-14-18-29(44-3)19-15-27)33(37(43)46-5-2)34(40-38(41)48-32)26-9-7-6-8-10-26/h6-22,35H,4-5,23H2,1-3H3/b32-22-/t35-/m1/s1. The van der Waals surface area contributed by atoms with E-state index in [1.165, 1.54) is 11.3 Å². The van der Waals surface area contributed by atoms with Crippen molar-refractivity contribution in [2.45, 2.75) is 26.5 Å². The molecule has 1 aliphatic heterocycles. The fraction of sp³-hybridized carbons (Fsp3) is 0.184. The summed E-state index contributed by atoms with van der Waals surface area (Å²) in [5, 5.41) is 0.659. The molecule has 0 N–H and O–H groups in total. The Morgan fingerprint density at radius 1 is 0.917 bits per heavy atom. The molecule has 1 atom stereocenters. The quantitative estimate of drug-likeness (QED) is 0.147. The molecule has 4 aromatic carbocycles. The second-order valence-corrected chi connectivity index (χ2v) is 12.2. The highest BCUT2D eigenvalue weighted by atomic mass is 35.5. The number of halogens is 1. The molecular weight excluding hydrogens is 648 g/mol. The molecule has 0 fully saturated rings. The summed E-state index contributed by atoms with van der Waals surface area (Å²) in [6, 6.07) is 29.0. The lowest BCUT2D eigenvalue weighted by Crippen LogP contribution is -2.40. The molecule has 0 amide bonds. The lowest BCUT2D eigenvalue weighted by atomic mass is 9.93. The second kappa shape index (κ2) is 14.8. The minimum Gasteiger partial charge on any atom is -0.497 e. The summed E-state index contributed by atoms with van der Waals surface area (Å²) in [5.74, 6) is 1.25. The number of methoxy groups -OCH3 is 1. The minimum atomic E-state index is -0.786. The molecular formula is C38H33ClN2O6S. The van der Waals surface area contributed by atoms with Gasteiger partial charge in [-0.15, -0.1) is 0 Å². The van der Waals surface area contributed by atoms with Gasteiger partial charge in [0.05, 0.1) is 42.2 Å². The van der Waals surface area contributed by atoms with E-state index < -0.39 is 12.0 Å². The van der Waals surface area contributed by atoms with Gasteiger partial charge in [-0.25, -0.2) is 9.79 Å². The van der Waals surface area contributed by atoms with Crippen molar-refractivity contribution in [1.82, 2.24) is 4.57 Å². The topological polar surface area (TPSA) is 88.4 Å². The first kappa shape index (κ1) is 32.8. The smallest absolute Gasteiger partial charge is 0.338 e. The maximum Gasteiger partial charge on any atom is 0.338 e. The van der Waals surface area contributed by atoms with E-state index in [1.807, 2.05) is 104 Å². The van der Waals surface area contributed by atoms with Crippen molar-refractivity contribution >= 4 is 40.7 Å². The first-order chi connectivity index (χ1) is 23.4. The Hall–Kier alpha value is -5.12. The molecule has 0 radical (unpaired) electrons. The van der Waals surface area contributed by atoms with Crippen LogP contribution in [0.1, 0.15) is 42.1 Å². The Kier molecular flexibility index (Phi) is 10.1. The molecule has 6 rings (SSSR count). The summed E-state index contributed by atoms with van der Waals surface area (Å²) < 4.78 is 25.0. The van der Waals surface area contributed by atoms with Gasteiger partial charge in [0.25, 0.3) is 5.56 Å². The third-order valence-electron chi connectivity index (χ3n) is 7.68. The van der Waals surface area contributed by atoms with E-state index in [0.29, 0.717) is 50.5 Å². The zero-order chi connectivity index (χ0) is 33.6. The highest BCUT2D eigenvalue weighted by Gasteiger charge is 2.35.